The van der Waals surface area contributed by atoms with E-state index in [4.69, 9.17) is 5.73 Å². The summed E-state index contributed by atoms with van der Waals surface area (Å²) in [6.45, 7) is 2.74. The Balaban J connectivity index is 2.52. The Kier molecular flexibility index (Phi) is 5.84. The maximum Gasteiger partial charge on any atom is 0.165 e. The molecule has 0 fully saturated rings. The third-order valence-electron chi connectivity index (χ3n) is 3.11. The van der Waals surface area contributed by atoms with Crippen LogP contribution in [-0.4, -0.2) is 12.3 Å². The lowest BCUT2D eigenvalue weighted by Crippen LogP contribution is -2.11. The van der Waals surface area contributed by atoms with E-state index in [1.807, 2.05) is 0 Å². The van der Waals surface area contributed by atoms with E-state index < -0.39 is 5.82 Å². The maximum absolute atomic E-state index is 13.4. The van der Waals surface area contributed by atoms with E-state index in [1.54, 1.807) is 18.2 Å². The highest BCUT2D eigenvalue weighted by atomic mass is 19.1. The van der Waals surface area contributed by atoms with Gasteiger partial charge in [-0.15, -0.1) is 0 Å². The number of halogens is 1. The van der Waals surface area contributed by atoms with Gasteiger partial charge in [-0.2, -0.15) is 0 Å². The quantitative estimate of drug-likeness (QED) is 0.740. The molecular formula is C14H20FNO. The Morgan fingerprint density at radius 1 is 1.35 bits per heavy atom. The first-order valence-corrected chi connectivity index (χ1v) is 6.16. The Labute approximate surface area is 102 Å². The second-order valence-corrected chi connectivity index (χ2v) is 4.29. The fraction of sp³-hybridized carbons (Fsp3) is 0.500. The molecule has 0 saturated carbocycles. The van der Waals surface area contributed by atoms with Crippen molar-refractivity contribution in [2.45, 2.75) is 32.6 Å². The molecule has 1 atom stereocenters. The van der Waals surface area contributed by atoms with E-state index in [0.717, 1.165) is 19.3 Å². The van der Waals surface area contributed by atoms with Crippen LogP contribution in [0.25, 0.3) is 0 Å². The number of carbonyl (C=O) groups is 1. The normalized spacial score (nSPS) is 12.4. The standard InChI is InChI=1S/C14H20FNO/c1-2-11(9-10-16)7-8-14(17)12-5-3-4-6-13(12)15/h3-6,11H,2,7-10,16H2,1H3. The maximum atomic E-state index is 13.4. The zero-order valence-corrected chi connectivity index (χ0v) is 10.3. The molecule has 0 aliphatic rings. The highest BCUT2D eigenvalue weighted by Gasteiger charge is 2.13. The minimum absolute atomic E-state index is 0.112. The summed E-state index contributed by atoms with van der Waals surface area (Å²) in [6.07, 6.45) is 3.14. The van der Waals surface area contributed by atoms with E-state index in [1.165, 1.54) is 6.07 Å². The molecule has 1 aromatic rings. The van der Waals surface area contributed by atoms with E-state index in [2.05, 4.69) is 6.92 Å². The first-order chi connectivity index (χ1) is 8.19. The summed E-state index contributed by atoms with van der Waals surface area (Å²) < 4.78 is 13.4. The van der Waals surface area contributed by atoms with Crippen molar-refractivity contribution >= 4 is 5.78 Å². The highest BCUT2D eigenvalue weighted by Crippen LogP contribution is 2.17. The van der Waals surface area contributed by atoms with Gasteiger partial charge in [-0.25, -0.2) is 4.39 Å². The summed E-state index contributed by atoms with van der Waals surface area (Å²) in [4.78, 5) is 11.8. The number of Topliss-reactive ketones (excluding diaryl/α,β-unsaturated/α-hetero) is 1. The van der Waals surface area contributed by atoms with Crippen LogP contribution in [0.4, 0.5) is 4.39 Å². The number of carbonyl (C=O) groups excluding carboxylic acids is 1. The molecule has 0 aliphatic carbocycles. The second-order valence-electron chi connectivity index (χ2n) is 4.29. The molecule has 0 spiro atoms. The zero-order valence-electron chi connectivity index (χ0n) is 10.3. The van der Waals surface area contributed by atoms with Crippen molar-refractivity contribution in [3.63, 3.8) is 0 Å². The fourth-order valence-electron chi connectivity index (χ4n) is 1.95. The van der Waals surface area contributed by atoms with Crippen LogP contribution in [0, 0.1) is 11.7 Å². The van der Waals surface area contributed by atoms with Gasteiger partial charge in [0, 0.05) is 6.42 Å². The summed E-state index contributed by atoms with van der Waals surface area (Å²) in [5, 5.41) is 0. The van der Waals surface area contributed by atoms with Crippen molar-refractivity contribution < 1.29 is 9.18 Å². The van der Waals surface area contributed by atoms with Crippen LogP contribution in [0.1, 0.15) is 43.0 Å². The van der Waals surface area contributed by atoms with Crippen LogP contribution in [0.15, 0.2) is 24.3 Å². The second kappa shape index (κ2) is 7.17. The van der Waals surface area contributed by atoms with E-state index >= 15 is 0 Å². The SMILES string of the molecule is CCC(CCN)CCC(=O)c1ccccc1F. The van der Waals surface area contributed by atoms with Gasteiger partial charge in [-0.05, 0) is 37.4 Å². The van der Waals surface area contributed by atoms with Gasteiger partial charge in [0.2, 0.25) is 0 Å². The predicted octanol–water partition coefficient (Wildman–Crippen LogP) is 3.16. The summed E-state index contributed by atoms with van der Waals surface area (Å²) >= 11 is 0. The van der Waals surface area contributed by atoms with Crippen LogP contribution in [0.2, 0.25) is 0 Å². The van der Waals surface area contributed by atoms with E-state index in [-0.39, 0.29) is 11.3 Å². The Morgan fingerprint density at radius 2 is 2.06 bits per heavy atom. The first-order valence-electron chi connectivity index (χ1n) is 6.16. The average molecular weight is 237 g/mol. The van der Waals surface area contributed by atoms with Crippen molar-refractivity contribution in [1.29, 1.82) is 0 Å². The number of rotatable bonds is 7. The van der Waals surface area contributed by atoms with Crippen LogP contribution >= 0.6 is 0 Å². The number of nitrogens with two attached hydrogens (primary N) is 1. The lowest BCUT2D eigenvalue weighted by Gasteiger charge is -2.12. The fourth-order valence-corrected chi connectivity index (χ4v) is 1.95. The molecule has 2 N–H and O–H groups in total. The largest absolute Gasteiger partial charge is 0.330 e. The van der Waals surface area contributed by atoms with Gasteiger partial charge in [-0.1, -0.05) is 25.5 Å². The molecule has 1 unspecified atom stereocenters. The number of hydrogen-bond acceptors (Lipinski definition) is 2. The van der Waals surface area contributed by atoms with Crippen LogP contribution < -0.4 is 5.73 Å². The molecule has 2 nitrogen and oxygen atoms in total. The van der Waals surface area contributed by atoms with Gasteiger partial charge in [0.1, 0.15) is 5.82 Å². The minimum atomic E-state index is -0.427. The molecule has 0 amide bonds. The Bertz CT molecular complexity index is 365. The summed E-state index contributed by atoms with van der Waals surface area (Å²) in [5.74, 6) is -0.0707. The minimum Gasteiger partial charge on any atom is -0.330 e. The van der Waals surface area contributed by atoms with Gasteiger partial charge in [0.05, 0.1) is 5.56 Å². The molecule has 17 heavy (non-hydrogen) atoms. The van der Waals surface area contributed by atoms with E-state index in [0.29, 0.717) is 18.9 Å². The van der Waals surface area contributed by atoms with Gasteiger partial charge >= 0.3 is 0 Å². The molecule has 0 aliphatic heterocycles. The van der Waals surface area contributed by atoms with Gasteiger partial charge in [0.15, 0.2) is 5.78 Å². The molecule has 0 bridgehead atoms. The van der Waals surface area contributed by atoms with Crippen molar-refractivity contribution in [1.82, 2.24) is 0 Å². The van der Waals surface area contributed by atoms with Crippen molar-refractivity contribution in [2.24, 2.45) is 11.7 Å². The number of benzene rings is 1. The van der Waals surface area contributed by atoms with Crippen molar-refractivity contribution in [2.75, 3.05) is 6.54 Å². The number of hydrogen-bond donors (Lipinski definition) is 1. The molecule has 0 aromatic heterocycles. The zero-order chi connectivity index (χ0) is 12.7. The van der Waals surface area contributed by atoms with Crippen LogP contribution in [-0.2, 0) is 0 Å². The van der Waals surface area contributed by atoms with Gasteiger partial charge in [-0.3, -0.25) is 4.79 Å². The lowest BCUT2D eigenvalue weighted by molar-refractivity contribution is 0.0969. The molecule has 0 heterocycles. The smallest absolute Gasteiger partial charge is 0.165 e. The predicted molar refractivity (Wildman–Crippen MR) is 67.4 cm³/mol. The van der Waals surface area contributed by atoms with Crippen LogP contribution in [0.5, 0.6) is 0 Å². The Morgan fingerprint density at radius 3 is 2.65 bits per heavy atom. The summed E-state index contributed by atoms with van der Waals surface area (Å²) in [5.41, 5.74) is 5.71. The molecule has 0 radical (unpaired) electrons. The third-order valence-corrected chi connectivity index (χ3v) is 3.11. The van der Waals surface area contributed by atoms with E-state index in [9.17, 15) is 9.18 Å². The first kappa shape index (κ1) is 13.8. The highest BCUT2D eigenvalue weighted by molar-refractivity contribution is 5.96. The lowest BCUT2D eigenvalue weighted by atomic mass is 9.94. The summed E-state index contributed by atoms with van der Waals surface area (Å²) in [7, 11) is 0. The van der Waals surface area contributed by atoms with Gasteiger partial charge < -0.3 is 5.73 Å². The molecule has 3 heteroatoms. The van der Waals surface area contributed by atoms with Crippen molar-refractivity contribution in [3.8, 4) is 0 Å². The number of ketones is 1. The molecule has 94 valence electrons. The monoisotopic (exact) mass is 237 g/mol. The van der Waals surface area contributed by atoms with Gasteiger partial charge in [0.25, 0.3) is 0 Å². The average Bonchev–Trinajstić information content (AvgIpc) is 2.34. The molecule has 0 saturated heterocycles. The molecular weight excluding hydrogens is 217 g/mol. The topological polar surface area (TPSA) is 43.1 Å². The molecule has 1 aromatic carbocycles. The Hall–Kier alpha value is -1.22. The van der Waals surface area contributed by atoms with Crippen molar-refractivity contribution in [3.05, 3.63) is 35.6 Å². The molecule has 1 rings (SSSR count). The summed E-state index contributed by atoms with van der Waals surface area (Å²) in [6, 6.07) is 6.15. The third kappa shape index (κ3) is 4.27. The van der Waals surface area contributed by atoms with Crippen LogP contribution in [0.3, 0.4) is 0 Å².